The van der Waals surface area contributed by atoms with Crippen molar-refractivity contribution in [2.75, 3.05) is 67.1 Å². The van der Waals surface area contributed by atoms with Crippen LogP contribution in [-0.4, -0.2) is 106 Å². The molecule has 29 heavy (non-hydrogen) atoms. The smallest absolute Gasteiger partial charge is 0.243 e. The average molecular weight is 404 g/mol. The van der Waals surface area contributed by atoms with Crippen LogP contribution in [0.2, 0.25) is 0 Å². The van der Waals surface area contributed by atoms with Crippen molar-refractivity contribution in [3.8, 4) is 0 Å². The lowest BCUT2D eigenvalue weighted by atomic mass is 10.1. The number of likely N-dealkylation sites (N-methyl/N-ethyl adjacent to an activating group) is 1. The Morgan fingerprint density at radius 1 is 1.31 bits per heavy atom. The first-order chi connectivity index (χ1) is 14.1. The molecular formula is C21H33N5O3. The third-order valence-corrected chi connectivity index (χ3v) is 5.40. The summed E-state index contributed by atoms with van der Waals surface area (Å²) >= 11 is 0. The maximum absolute atomic E-state index is 12.0. The predicted octanol–water partition coefficient (Wildman–Crippen LogP) is 0.252. The number of fused-ring (bicyclic) bond motifs is 1. The molecule has 2 unspecified atom stereocenters. The van der Waals surface area contributed by atoms with Gasteiger partial charge >= 0.3 is 0 Å². The third-order valence-electron chi connectivity index (χ3n) is 5.40. The summed E-state index contributed by atoms with van der Waals surface area (Å²) in [5.74, 6) is 0.726. The standard InChI is InChI=1S/C21H33N5O3/c1-24(2)20(27)13-23-21(22-9-11-28-3)26-15-18-19(16-26)29-12-10-25(18)14-17-7-5-4-6-8-17/h4-8,18-19H,9-16H2,1-3H3,(H,22,23). The molecule has 1 amide bonds. The lowest BCUT2D eigenvalue weighted by Crippen LogP contribution is -2.50. The summed E-state index contributed by atoms with van der Waals surface area (Å²) in [6.07, 6.45) is 0.145. The van der Waals surface area contributed by atoms with E-state index in [4.69, 9.17) is 9.47 Å². The van der Waals surface area contributed by atoms with Gasteiger partial charge in [0.05, 0.1) is 25.4 Å². The van der Waals surface area contributed by atoms with Crippen LogP contribution in [0.1, 0.15) is 5.56 Å². The Morgan fingerprint density at radius 3 is 2.83 bits per heavy atom. The Balaban J connectivity index is 1.67. The van der Waals surface area contributed by atoms with Gasteiger partial charge in [-0.05, 0) is 5.56 Å². The first kappa shape index (κ1) is 21.5. The Morgan fingerprint density at radius 2 is 2.10 bits per heavy atom. The Labute approximate surface area is 173 Å². The topological polar surface area (TPSA) is 69.6 Å². The van der Waals surface area contributed by atoms with Gasteiger partial charge < -0.3 is 24.6 Å². The van der Waals surface area contributed by atoms with Gasteiger partial charge in [-0.3, -0.25) is 9.69 Å². The molecule has 2 atom stereocenters. The van der Waals surface area contributed by atoms with E-state index in [1.54, 1.807) is 26.1 Å². The molecule has 3 rings (SSSR count). The zero-order valence-electron chi connectivity index (χ0n) is 17.7. The number of nitrogens with one attached hydrogen (secondary N) is 1. The van der Waals surface area contributed by atoms with E-state index in [1.807, 2.05) is 6.07 Å². The lowest BCUT2D eigenvalue weighted by Gasteiger charge is -2.36. The van der Waals surface area contributed by atoms with Crippen LogP contribution in [0.25, 0.3) is 0 Å². The van der Waals surface area contributed by atoms with Crippen molar-refractivity contribution in [1.82, 2.24) is 20.0 Å². The summed E-state index contributed by atoms with van der Waals surface area (Å²) in [6, 6.07) is 10.9. The second kappa shape index (κ2) is 10.6. The molecule has 2 saturated heterocycles. The van der Waals surface area contributed by atoms with Gasteiger partial charge in [-0.25, -0.2) is 4.99 Å². The van der Waals surface area contributed by atoms with Crippen LogP contribution in [0.4, 0.5) is 0 Å². The van der Waals surface area contributed by atoms with Crippen molar-refractivity contribution in [2.45, 2.75) is 18.7 Å². The Bertz CT molecular complexity index is 682. The van der Waals surface area contributed by atoms with Crippen LogP contribution in [0, 0.1) is 0 Å². The predicted molar refractivity (Wildman–Crippen MR) is 113 cm³/mol. The van der Waals surface area contributed by atoms with Crippen LogP contribution in [0.3, 0.4) is 0 Å². The molecule has 2 heterocycles. The van der Waals surface area contributed by atoms with Gasteiger partial charge in [-0.1, -0.05) is 30.3 Å². The third kappa shape index (κ3) is 5.91. The highest BCUT2D eigenvalue weighted by Gasteiger charge is 2.41. The minimum absolute atomic E-state index is 0.0189. The van der Waals surface area contributed by atoms with Crippen molar-refractivity contribution in [1.29, 1.82) is 0 Å². The van der Waals surface area contributed by atoms with Gasteiger partial charge in [-0.2, -0.15) is 0 Å². The molecule has 0 aliphatic carbocycles. The number of amides is 1. The Kier molecular flexibility index (Phi) is 7.85. The second-order valence-electron chi connectivity index (χ2n) is 7.69. The van der Waals surface area contributed by atoms with Gasteiger partial charge in [-0.15, -0.1) is 0 Å². The quantitative estimate of drug-likeness (QED) is 0.400. The van der Waals surface area contributed by atoms with E-state index in [0.29, 0.717) is 19.2 Å². The lowest BCUT2D eigenvalue weighted by molar-refractivity contribution is -0.127. The van der Waals surface area contributed by atoms with Crippen molar-refractivity contribution in [3.05, 3.63) is 35.9 Å². The van der Waals surface area contributed by atoms with Crippen molar-refractivity contribution >= 4 is 11.9 Å². The van der Waals surface area contributed by atoms with Gasteiger partial charge in [0.2, 0.25) is 5.91 Å². The van der Waals surface area contributed by atoms with Crippen LogP contribution < -0.4 is 5.32 Å². The Hall–Kier alpha value is -2.16. The molecule has 8 heteroatoms. The monoisotopic (exact) mass is 403 g/mol. The number of hydrogen-bond donors (Lipinski definition) is 1. The fourth-order valence-electron chi connectivity index (χ4n) is 3.76. The number of rotatable bonds is 7. The van der Waals surface area contributed by atoms with E-state index in [0.717, 1.165) is 38.7 Å². The summed E-state index contributed by atoms with van der Waals surface area (Å²) in [6.45, 7) is 5.53. The summed E-state index contributed by atoms with van der Waals surface area (Å²) in [4.78, 5) is 22.9. The van der Waals surface area contributed by atoms with E-state index in [-0.39, 0.29) is 18.6 Å². The number of morpholine rings is 1. The number of ether oxygens (including phenoxy) is 2. The minimum Gasteiger partial charge on any atom is -0.383 e. The summed E-state index contributed by atoms with van der Waals surface area (Å²) in [7, 11) is 5.17. The number of aliphatic imine (C=N–C) groups is 1. The largest absolute Gasteiger partial charge is 0.383 e. The number of hydrogen-bond acceptors (Lipinski definition) is 5. The maximum atomic E-state index is 12.0. The zero-order valence-corrected chi connectivity index (χ0v) is 17.7. The van der Waals surface area contributed by atoms with E-state index < -0.39 is 0 Å². The van der Waals surface area contributed by atoms with Gasteiger partial charge in [0, 0.05) is 53.9 Å². The van der Waals surface area contributed by atoms with Crippen LogP contribution >= 0.6 is 0 Å². The SMILES string of the molecule is COCCNC(=NCC(=O)N(C)C)N1CC2OCCN(Cc3ccccc3)C2C1. The van der Waals surface area contributed by atoms with Crippen molar-refractivity contribution < 1.29 is 14.3 Å². The van der Waals surface area contributed by atoms with E-state index in [9.17, 15) is 4.79 Å². The van der Waals surface area contributed by atoms with Gasteiger partial charge in [0.15, 0.2) is 5.96 Å². The number of benzene rings is 1. The highest BCUT2D eigenvalue weighted by atomic mass is 16.5. The van der Waals surface area contributed by atoms with E-state index in [2.05, 4.69) is 44.4 Å². The molecule has 2 aliphatic heterocycles. The molecule has 0 aromatic heterocycles. The van der Waals surface area contributed by atoms with Gasteiger partial charge in [0.25, 0.3) is 0 Å². The molecule has 160 valence electrons. The molecule has 1 aromatic carbocycles. The van der Waals surface area contributed by atoms with E-state index >= 15 is 0 Å². The van der Waals surface area contributed by atoms with Crippen molar-refractivity contribution in [3.63, 3.8) is 0 Å². The van der Waals surface area contributed by atoms with Crippen LogP contribution in [0.15, 0.2) is 35.3 Å². The normalized spacial score (nSPS) is 22.4. The minimum atomic E-state index is -0.0189. The molecule has 1 N–H and O–H groups in total. The first-order valence-corrected chi connectivity index (χ1v) is 10.2. The number of carbonyl (C=O) groups excluding carboxylic acids is 1. The molecular weight excluding hydrogens is 370 g/mol. The molecule has 8 nitrogen and oxygen atoms in total. The number of carbonyl (C=O) groups is 1. The number of nitrogens with zero attached hydrogens (tertiary/aromatic N) is 4. The van der Waals surface area contributed by atoms with Gasteiger partial charge in [0.1, 0.15) is 6.54 Å². The van der Waals surface area contributed by atoms with Crippen LogP contribution in [0.5, 0.6) is 0 Å². The van der Waals surface area contributed by atoms with E-state index in [1.165, 1.54) is 5.56 Å². The highest BCUT2D eigenvalue weighted by Crippen LogP contribution is 2.24. The molecule has 0 bridgehead atoms. The highest BCUT2D eigenvalue weighted by molar-refractivity contribution is 5.85. The summed E-state index contributed by atoms with van der Waals surface area (Å²) in [5.41, 5.74) is 1.32. The molecule has 1 aromatic rings. The molecule has 2 fully saturated rings. The van der Waals surface area contributed by atoms with Crippen LogP contribution in [-0.2, 0) is 20.8 Å². The second-order valence-corrected chi connectivity index (χ2v) is 7.69. The zero-order chi connectivity index (χ0) is 20.6. The molecule has 2 aliphatic rings. The molecule has 0 saturated carbocycles. The fourth-order valence-corrected chi connectivity index (χ4v) is 3.76. The summed E-state index contributed by atoms with van der Waals surface area (Å²) < 4.78 is 11.2. The number of methoxy groups -OCH3 is 1. The van der Waals surface area contributed by atoms with Crippen molar-refractivity contribution in [2.24, 2.45) is 4.99 Å². The summed E-state index contributed by atoms with van der Waals surface area (Å²) in [5, 5.41) is 3.34. The maximum Gasteiger partial charge on any atom is 0.243 e. The molecule has 0 spiro atoms. The first-order valence-electron chi connectivity index (χ1n) is 10.2. The fraction of sp³-hybridized carbons (Fsp3) is 0.619. The average Bonchev–Trinajstić information content (AvgIpc) is 3.16. The number of guanidine groups is 1. The number of likely N-dealkylation sites (tertiary alicyclic amines) is 1. The molecule has 0 radical (unpaired) electrons.